The van der Waals surface area contributed by atoms with E-state index in [0.29, 0.717) is 47.2 Å². The number of benzene rings is 2. The van der Waals surface area contributed by atoms with Gasteiger partial charge in [-0.05, 0) is 43.2 Å². The van der Waals surface area contributed by atoms with Crippen molar-refractivity contribution in [2.24, 2.45) is 0 Å². The third-order valence-electron chi connectivity index (χ3n) is 4.95. The van der Waals surface area contributed by atoms with Gasteiger partial charge in [-0.15, -0.1) is 0 Å². The number of nitrogens with zero attached hydrogens (tertiary/aromatic N) is 1. The molecule has 0 radical (unpaired) electrons. The number of hydrogen-bond donors (Lipinski definition) is 1. The molecule has 0 saturated carbocycles. The zero-order valence-electron chi connectivity index (χ0n) is 14.4. The summed E-state index contributed by atoms with van der Waals surface area (Å²) < 4.78 is 45.5. The molecular formula is C19H15BrClF3N2O2. The summed E-state index contributed by atoms with van der Waals surface area (Å²) in [6.45, 7) is 0.606. The average Bonchev–Trinajstić information content (AvgIpc) is 2.75. The number of alkyl halides is 3. The second-order valence-corrected chi connectivity index (χ2v) is 8.11. The summed E-state index contributed by atoms with van der Waals surface area (Å²) in [4.78, 5) is 13.6. The molecule has 4 rings (SSSR count). The van der Waals surface area contributed by atoms with Crippen LogP contribution in [-0.4, -0.2) is 24.7 Å². The minimum Gasteiger partial charge on any atom is -0.455 e. The lowest BCUT2D eigenvalue weighted by molar-refractivity contribution is -0.174. The zero-order valence-corrected chi connectivity index (χ0v) is 16.7. The van der Waals surface area contributed by atoms with Crippen molar-refractivity contribution in [1.29, 1.82) is 0 Å². The van der Waals surface area contributed by atoms with Crippen LogP contribution >= 0.6 is 27.5 Å². The Kier molecular flexibility index (Phi) is 4.95. The SMILES string of the molecule is O=C(N[C@@H]1CCCN2c3cc(Cl)ccc3Oc3cc(Br)ccc3[C@H]12)C(F)(F)F. The van der Waals surface area contributed by atoms with Gasteiger partial charge < -0.3 is 15.0 Å². The number of carbonyl (C=O) groups excluding carboxylic acids is 1. The number of fused-ring (bicyclic) bond motifs is 5. The van der Waals surface area contributed by atoms with Gasteiger partial charge in [-0.25, -0.2) is 0 Å². The molecule has 0 bridgehead atoms. The second-order valence-electron chi connectivity index (χ2n) is 6.75. The topological polar surface area (TPSA) is 41.6 Å². The van der Waals surface area contributed by atoms with Crippen LogP contribution in [0, 0.1) is 0 Å². The molecular weight excluding hydrogens is 461 g/mol. The fourth-order valence-electron chi connectivity index (χ4n) is 3.81. The van der Waals surface area contributed by atoms with Crippen molar-refractivity contribution in [2.75, 3.05) is 11.4 Å². The van der Waals surface area contributed by atoms with Crippen LogP contribution in [0.25, 0.3) is 0 Å². The minimum atomic E-state index is -4.94. The first-order valence-electron chi connectivity index (χ1n) is 8.65. The normalized spacial score (nSPS) is 21.0. The van der Waals surface area contributed by atoms with Gasteiger partial charge >= 0.3 is 12.1 Å². The number of nitrogens with one attached hydrogen (secondary N) is 1. The monoisotopic (exact) mass is 474 g/mol. The highest BCUT2D eigenvalue weighted by Gasteiger charge is 2.44. The van der Waals surface area contributed by atoms with E-state index < -0.39 is 24.2 Å². The number of ether oxygens (including phenoxy) is 1. The summed E-state index contributed by atoms with van der Waals surface area (Å²) in [5, 5.41) is 2.68. The van der Waals surface area contributed by atoms with Gasteiger partial charge in [-0.1, -0.05) is 33.6 Å². The molecule has 2 aromatic rings. The van der Waals surface area contributed by atoms with Crippen molar-refractivity contribution < 1.29 is 22.7 Å². The van der Waals surface area contributed by atoms with E-state index in [2.05, 4.69) is 21.2 Å². The first kappa shape index (κ1) is 19.4. The van der Waals surface area contributed by atoms with E-state index in [0.717, 1.165) is 4.47 Å². The third-order valence-corrected chi connectivity index (χ3v) is 5.68. The predicted octanol–water partition coefficient (Wildman–Crippen LogP) is 5.60. The van der Waals surface area contributed by atoms with Gasteiger partial charge in [-0.2, -0.15) is 13.2 Å². The molecule has 2 aliphatic heterocycles. The smallest absolute Gasteiger partial charge is 0.455 e. The number of rotatable bonds is 1. The number of amides is 1. The maximum atomic E-state index is 12.9. The number of carbonyl (C=O) groups is 1. The second kappa shape index (κ2) is 7.15. The molecule has 28 heavy (non-hydrogen) atoms. The van der Waals surface area contributed by atoms with E-state index in [1.807, 2.05) is 11.0 Å². The summed E-state index contributed by atoms with van der Waals surface area (Å²) in [5.41, 5.74) is 1.40. The van der Waals surface area contributed by atoms with Crippen LogP contribution in [0.1, 0.15) is 24.4 Å². The highest BCUT2D eigenvalue weighted by molar-refractivity contribution is 9.10. The molecule has 0 aliphatic carbocycles. The molecule has 0 aromatic heterocycles. The first-order chi connectivity index (χ1) is 13.2. The maximum Gasteiger partial charge on any atom is 0.471 e. The minimum absolute atomic E-state index is 0.425. The van der Waals surface area contributed by atoms with E-state index in [4.69, 9.17) is 16.3 Å². The van der Waals surface area contributed by atoms with E-state index in [-0.39, 0.29) is 0 Å². The van der Waals surface area contributed by atoms with Gasteiger partial charge in [0.15, 0.2) is 5.75 Å². The lowest BCUT2D eigenvalue weighted by atomic mass is 9.89. The molecule has 2 atom stereocenters. The first-order valence-corrected chi connectivity index (χ1v) is 9.82. The molecule has 0 unspecified atom stereocenters. The Morgan fingerprint density at radius 2 is 2.00 bits per heavy atom. The van der Waals surface area contributed by atoms with Crippen molar-refractivity contribution in [2.45, 2.75) is 31.1 Å². The molecule has 2 heterocycles. The zero-order chi connectivity index (χ0) is 20.1. The molecule has 1 saturated heterocycles. The van der Waals surface area contributed by atoms with E-state index in [1.54, 1.807) is 30.3 Å². The van der Waals surface area contributed by atoms with Gasteiger partial charge in [0.05, 0.1) is 17.8 Å². The molecule has 4 nitrogen and oxygen atoms in total. The Morgan fingerprint density at radius 1 is 1.21 bits per heavy atom. The quantitative estimate of drug-likeness (QED) is 0.584. The number of anilines is 1. The molecule has 1 fully saturated rings. The number of hydrogen-bond acceptors (Lipinski definition) is 3. The molecule has 2 aliphatic rings. The lowest BCUT2D eigenvalue weighted by Gasteiger charge is -2.42. The maximum absolute atomic E-state index is 12.9. The summed E-state index contributed by atoms with van der Waals surface area (Å²) in [6, 6.07) is 9.32. The fraction of sp³-hybridized carbons (Fsp3) is 0.316. The van der Waals surface area contributed by atoms with Gasteiger partial charge in [0.2, 0.25) is 0 Å². The average molecular weight is 476 g/mol. The predicted molar refractivity (Wildman–Crippen MR) is 103 cm³/mol. The van der Waals surface area contributed by atoms with Crippen LogP contribution < -0.4 is 15.0 Å². The largest absolute Gasteiger partial charge is 0.471 e. The summed E-state index contributed by atoms with van der Waals surface area (Å²) >= 11 is 9.57. The summed E-state index contributed by atoms with van der Waals surface area (Å²) in [5.74, 6) is -0.845. The van der Waals surface area contributed by atoms with Crippen LogP contribution in [0.4, 0.5) is 18.9 Å². The Morgan fingerprint density at radius 3 is 2.75 bits per heavy atom. The van der Waals surface area contributed by atoms with Crippen molar-refractivity contribution >= 4 is 39.1 Å². The van der Waals surface area contributed by atoms with Crippen LogP contribution in [-0.2, 0) is 4.79 Å². The third kappa shape index (κ3) is 3.55. The van der Waals surface area contributed by atoms with Crippen LogP contribution in [0.2, 0.25) is 5.02 Å². The molecule has 1 N–H and O–H groups in total. The standard InChI is InChI=1S/C19H15BrClF3N2O2/c20-10-3-5-12-16(8-10)28-15-6-4-11(21)9-14(15)26-7-1-2-13(17(12)26)25-18(27)19(22,23)24/h3-6,8-9,13,17H,1-2,7H2,(H,25,27)/t13-,17-/m1/s1. The summed E-state index contributed by atoms with van der Waals surface area (Å²) in [7, 11) is 0. The van der Waals surface area contributed by atoms with Crippen molar-refractivity contribution in [3.63, 3.8) is 0 Å². The Hall–Kier alpha value is -1.93. The van der Waals surface area contributed by atoms with Gasteiger partial charge in [0.1, 0.15) is 5.75 Å². The molecule has 1 amide bonds. The molecule has 148 valence electrons. The van der Waals surface area contributed by atoms with Crippen molar-refractivity contribution in [3.8, 4) is 11.5 Å². The van der Waals surface area contributed by atoms with E-state index in [1.165, 1.54) is 0 Å². The lowest BCUT2D eigenvalue weighted by Crippen LogP contribution is -2.52. The summed E-state index contributed by atoms with van der Waals surface area (Å²) in [6.07, 6.45) is -3.89. The molecule has 9 heteroatoms. The van der Waals surface area contributed by atoms with Gasteiger partial charge in [-0.3, -0.25) is 4.79 Å². The van der Waals surface area contributed by atoms with Crippen molar-refractivity contribution in [1.82, 2.24) is 5.32 Å². The Labute approximate surface area is 172 Å². The van der Waals surface area contributed by atoms with Crippen LogP contribution in [0.5, 0.6) is 11.5 Å². The van der Waals surface area contributed by atoms with E-state index >= 15 is 0 Å². The van der Waals surface area contributed by atoms with Crippen LogP contribution in [0.15, 0.2) is 40.9 Å². The Balaban J connectivity index is 1.83. The highest BCUT2D eigenvalue weighted by atomic mass is 79.9. The van der Waals surface area contributed by atoms with E-state index in [9.17, 15) is 18.0 Å². The highest BCUT2D eigenvalue weighted by Crippen LogP contribution is 2.48. The van der Waals surface area contributed by atoms with Crippen molar-refractivity contribution in [3.05, 3.63) is 51.5 Å². The number of piperidine rings is 1. The van der Waals surface area contributed by atoms with Crippen LogP contribution in [0.3, 0.4) is 0 Å². The number of halogens is 5. The Bertz CT molecular complexity index is 938. The molecule has 2 aromatic carbocycles. The molecule has 0 spiro atoms. The van der Waals surface area contributed by atoms with Gasteiger partial charge in [0, 0.05) is 21.6 Å². The fourth-order valence-corrected chi connectivity index (χ4v) is 4.32. The van der Waals surface area contributed by atoms with Gasteiger partial charge in [0.25, 0.3) is 0 Å².